The lowest BCUT2D eigenvalue weighted by molar-refractivity contribution is -0.120. The Morgan fingerprint density at radius 3 is 2.48 bits per heavy atom. The van der Waals surface area contributed by atoms with E-state index in [1.807, 2.05) is 24.3 Å². The zero-order chi connectivity index (χ0) is 16.7. The number of amides is 2. The van der Waals surface area contributed by atoms with E-state index in [-0.39, 0.29) is 18.4 Å². The monoisotopic (exact) mass is 320 g/mol. The molecule has 2 rings (SSSR count). The van der Waals surface area contributed by atoms with E-state index in [9.17, 15) is 9.59 Å². The van der Waals surface area contributed by atoms with Crippen molar-refractivity contribution in [2.24, 2.45) is 0 Å². The van der Waals surface area contributed by atoms with E-state index in [0.717, 1.165) is 37.7 Å². The standard InChI is InChI=1S/C16H24N4O3/c1-12(18-11-15(21)17-2)16(22)19-13-3-5-14(6-4-13)20-7-9-23-10-8-20/h3-6,12,18H,7-11H2,1-2H3,(H,17,21)(H,19,22)/t12-/m0/s1. The van der Waals surface area contributed by atoms with Crippen LogP contribution in [0.2, 0.25) is 0 Å². The van der Waals surface area contributed by atoms with Crippen LogP contribution >= 0.6 is 0 Å². The predicted octanol–water partition coefficient (Wildman–Crippen LogP) is 0.186. The summed E-state index contributed by atoms with van der Waals surface area (Å²) in [6, 6.07) is 7.29. The second-order valence-electron chi connectivity index (χ2n) is 5.41. The summed E-state index contributed by atoms with van der Waals surface area (Å²) in [6.45, 7) is 5.08. The van der Waals surface area contributed by atoms with Crippen LogP contribution in [0.1, 0.15) is 6.92 Å². The largest absolute Gasteiger partial charge is 0.378 e. The van der Waals surface area contributed by atoms with Gasteiger partial charge in [-0.05, 0) is 31.2 Å². The van der Waals surface area contributed by atoms with Gasteiger partial charge in [-0.3, -0.25) is 14.9 Å². The minimum atomic E-state index is -0.453. The third-order valence-electron chi connectivity index (χ3n) is 3.75. The Morgan fingerprint density at radius 1 is 1.22 bits per heavy atom. The summed E-state index contributed by atoms with van der Waals surface area (Å²) in [7, 11) is 1.56. The maximum absolute atomic E-state index is 12.1. The Labute approximate surface area is 136 Å². The first kappa shape index (κ1) is 17.2. The van der Waals surface area contributed by atoms with Crippen LogP contribution in [0.4, 0.5) is 11.4 Å². The van der Waals surface area contributed by atoms with Crippen molar-refractivity contribution in [3.05, 3.63) is 24.3 Å². The molecule has 1 fully saturated rings. The van der Waals surface area contributed by atoms with Crippen LogP contribution in [0.25, 0.3) is 0 Å². The molecule has 23 heavy (non-hydrogen) atoms. The highest BCUT2D eigenvalue weighted by Crippen LogP contribution is 2.19. The van der Waals surface area contributed by atoms with Crippen molar-refractivity contribution in [3.63, 3.8) is 0 Å². The molecule has 1 saturated heterocycles. The molecular formula is C16H24N4O3. The van der Waals surface area contributed by atoms with Crippen molar-refractivity contribution < 1.29 is 14.3 Å². The Kier molecular flexibility index (Phi) is 6.37. The Hall–Kier alpha value is -2.12. The third kappa shape index (κ3) is 5.22. The van der Waals surface area contributed by atoms with E-state index in [0.29, 0.717) is 0 Å². The maximum Gasteiger partial charge on any atom is 0.241 e. The molecule has 126 valence electrons. The number of anilines is 2. The summed E-state index contributed by atoms with van der Waals surface area (Å²) in [6.07, 6.45) is 0. The first-order valence-electron chi connectivity index (χ1n) is 7.77. The van der Waals surface area contributed by atoms with Gasteiger partial charge in [-0.25, -0.2) is 0 Å². The van der Waals surface area contributed by atoms with Gasteiger partial charge in [-0.2, -0.15) is 0 Å². The number of benzene rings is 1. The van der Waals surface area contributed by atoms with Gasteiger partial charge in [-0.1, -0.05) is 0 Å². The zero-order valence-electron chi connectivity index (χ0n) is 13.6. The summed E-state index contributed by atoms with van der Waals surface area (Å²) in [5.74, 6) is -0.326. The molecule has 7 nitrogen and oxygen atoms in total. The number of carbonyl (C=O) groups is 2. The van der Waals surface area contributed by atoms with Gasteiger partial charge in [0.05, 0.1) is 25.8 Å². The number of rotatable bonds is 6. The van der Waals surface area contributed by atoms with E-state index in [2.05, 4.69) is 20.9 Å². The first-order chi connectivity index (χ1) is 11.1. The first-order valence-corrected chi connectivity index (χ1v) is 7.77. The summed E-state index contributed by atoms with van der Waals surface area (Å²) in [5.41, 5.74) is 1.86. The Bertz CT molecular complexity index is 527. The van der Waals surface area contributed by atoms with Gasteiger partial charge in [0.2, 0.25) is 11.8 Å². The van der Waals surface area contributed by atoms with Gasteiger partial charge >= 0.3 is 0 Å². The lowest BCUT2D eigenvalue weighted by Crippen LogP contribution is -2.42. The van der Waals surface area contributed by atoms with Crippen LogP contribution in [0, 0.1) is 0 Å². The highest BCUT2D eigenvalue weighted by Gasteiger charge is 2.14. The van der Waals surface area contributed by atoms with Gasteiger partial charge in [-0.15, -0.1) is 0 Å². The maximum atomic E-state index is 12.1. The summed E-state index contributed by atoms with van der Waals surface area (Å²) >= 11 is 0. The predicted molar refractivity (Wildman–Crippen MR) is 89.6 cm³/mol. The normalized spacial score (nSPS) is 15.8. The summed E-state index contributed by atoms with van der Waals surface area (Å²) in [4.78, 5) is 25.5. The van der Waals surface area contributed by atoms with Crippen molar-refractivity contribution in [3.8, 4) is 0 Å². The number of ether oxygens (including phenoxy) is 1. The number of hydrogen-bond donors (Lipinski definition) is 3. The molecule has 1 aliphatic heterocycles. The second kappa shape index (κ2) is 8.50. The van der Waals surface area contributed by atoms with Crippen molar-refractivity contribution in [2.75, 3.05) is 50.1 Å². The van der Waals surface area contributed by atoms with E-state index in [1.165, 1.54) is 0 Å². The Balaban J connectivity index is 1.84. The zero-order valence-corrected chi connectivity index (χ0v) is 13.6. The van der Waals surface area contributed by atoms with Crippen LogP contribution in [0.5, 0.6) is 0 Å². The molecule has 7 heteroatoms. The van der Waals surface area contributed by atoms with Gasteiger partial charge in [0.1, 0.15) is 0 Å². The van der Waals surface area contributed by atoms with Gasteiger partial charge in [0, 0.05) is 31.5 Å². The molecule has 3 N–H and O–H groups in total. The SMILES string of the molecule is CNC(=O)CN[C@@H](C)C(=O)Nc1ccc(N2CCOCC2)cc1. The average Bonchev–Trinajstić information content (AvgIpc) is 2.60. The number of carbonyl (C=O) groups excluding carboxylic acids is 2. The molecule has 2 amide bonds. The van der Waals surface area contributed by atoms with Gasteiger partial charge in [0.15, 0.2) is 0 Å². The highest BCUT2D eigenvalue weighted by molar-refractivity contribution is 5.95. The van der Waals surface area contributed by atoms with Crippen LogP contribution in [-0.2, 0) is 14.3 Å². The molecule has 1 aliphatic rings. The third-order valence-corrected chi connectivity index (χ3v) is 3.75. The number of nitrogens with zero attached hydrogens (tertiary/aromatic N) is 1. The van der Waals surface area contributed by atoms with E-state index in [1.54, 1.807) is 14.0 Å². The Morgan fingerprint density at radius 2 is 1.87 bits per heavy atom. The van der Waals surface area contributed by atoms with Crippen molar-refractivity contribution >= 4 is 23.2 Å². The number of hydrogen-bond acceptors (Lipinski definition) is 5. The van der Waals surface area contributed by atoms with Crippen LogP contribution < -0.4 is 20.9 Å². The minimum absolute atomic E-state index is 0.112. The lowest BCUT2D eigenvalue weighted by atomic mass is 10.2. The van der Waals surface area contributed by atoms with Crippen LogP contribution in [0.3, 0.4) is 0 Å². The molecule has 0 bridgehead atoms. The van der Waals surface area contributed by atoms with Crippen molar-refractivity contribution in [2.45, 2.75) is 13.0 Å². The number of nitrogens with one attached hydrogen (secondary N) is 3. The molecule has 0 aromatic heterocycles. The number of likely N-dealkylation sites (N-methyl/N-ethyl adjacent to an activating group) is 1. The topological polar surface area (TPSA) is 82.7 Å². The molecule has 0 unspecified atom stereocenters. The second-order valence-corrected chi connectivity index (χ2v) is 5.41. The fourth-order valence-corrected chi connectivity index (χ4v) is 2.25. The van der Waals surface area contributed by atoms with Gasteiger partial charge < -0.3 is 20.3 Å². The quantitative estimate of drug-likeness (QED) is 0.697. The van der Waals surface area contributed by atoms with Crippen LogP contribution in [0.15, 0.2) is 24.3 Å². The molecule has 1 atom stereocenters. The molecule has 1 aromatic rings. The average molecular weight is 320 g/mol. The fourth-order valence-electron chi connectivity index (χ4n) is 2.25. The van der Waals surface area contributed by atoms with Crippen molar-refractivity contribution in [1.29, 1.82) is 0 Å². The number of morpholine rings is 1. The molecule has 1 aromatic carbocycles. The lowest BCUT2D eigenvalue weighted by Gasteiger charge is -2.29. The fraction of sp³-hybridized carbons (Fsp3) is 0.500. The smallest absolute Gasteiger partial charge is 0.241 e. The van der Waals surface area contributed by atoms with E-state index >= 15 is 0 Å². The molecule has 0 aliphatic carbocycles. The molecule has 0 saturated carbocycles. The minimum Gasteiger partial charge on any atom is -0.378 e. The summed E-state index contributed by atoms with van der Waals surface area (Å²) < 4.78 is 5.34. The molecule has 0 radical (unpaired) electrons. The summed E-state index contributed by atoms with van der Waals surface area (Å²) in [5, 5.41) is 8.21. The van der Waals surface area contributed by atoms with E-state index < -0.39 is 6.04 Å². The molecule has 1 heterocycles. The van der Waals surface area contributed by atoms with Crippen molar-refractivity contribution in [1.82, 2.24) is 10.6 Å². The van der Waals surface area contributed by atoms with E-state index in [4.69, 9.17) is 4.74 Å². The molecule has 0 spiro atoms. The highest BCUT2D eigenvalue weighted by atomic mass is 16.5. The van der Waals surface area contributed by atoms with Gasteiger partial charge in [0.25, 0.3) is 0 Å². The molecular weight excluding hydrogens is 296 g/mol. The van der Waals surface area contributed by atoms with Crippen LogP contribution in [-0.4, -0.2) is 57.8 Å².